The number of ether oxygens (including phenoxy) is 2. The topological polar surface area (TPSA) is 45.5 Å². The molecule has 18 heavy (non-hydrogen) atoms. The van der Waals surface area contributed by atoms with Crippen LogP contribution in [0.4, 0.5) is 10.1 Å². The standard InChI is InChI=1S/C13H15FN2O2/c1-17-12-7-16(8-13(12)18-2)11-4-3-10(14)5-9(11)6-15/h3-5,12-13H,7-8H2,1-2H3. The Labute approximate surface area is 106 Å². The minimum Gasteiger partial charge on any atom is -0.377 e. The molecule has 1 aliphatic heterocycles. The van der Waals surface area contributed by atoms with Gasteiger partial charge in [0.25, 0.3) is 0 Å². The smallest absolute Gasteiger partial charge is 0.124 e. The number of nitriles is 1. The maximum absolute atomic E-state index is 13.1. The van der Waals surface area contributed by atoms with Gasteiger partial charge in [0.15, 0.2) is 0 Å². The summed E-state index contributed by atoms with van der Waals surface area (Å²) in [5.74, 6) is -0.402. The first-order chi connectivity index (χ1) is 8.69. The van der Waals surface area contributed by atoms with Crippen molar-refractivity contribution in [2.45, 2.75) is 12.2 Å². The molecule has 0 N–H and O–H groups in total. The van der Waals surface area contributed by atoms with Gasteiger partial charge in [0.05, 0.1) is 11.3 Å². The molecule has 0 bridgehead atoms. The van der Waals surface area contributed by atoms with E-state index in [0.29, 0.717) is 18.7 Å². The third kappa shape index (κ3) is 2.30. The van der Waals surface area contributed by atoms with E-state index < -0.39 is 5.82 Å². The molecule has 2 atom stereocenters. The molecule has 2 unspecified atom stereocenters. The fourth-order valence-electron chi connectivity index (χ4n) is 2.27. The van der Waals surface area contributed by atoms with Crippen molar-refractivity contribution >= 4 is 5.69 Å². The van der Waals surface area contributed by atoms with Crippen LogP contribution in [-0.4, -0.2) is 39.5 Å². The van der Waals surface area contributed by atoms with Crippen LogP contribution >= 0.6 is 0 Å². The number of methoxy groups -OCH3 is 2. The van der Waals surface area contributed by atoms with Crippen LogP contribution in [0, 0.1) is 17.1 Å². The maximum atomic E-state index is 13.1. The molecule has 96 valence electrons. The average Bonchev–Trinajstić information content (AvgIpc) is 2.81. The second-order valence-electron chi connectivity index (χ2n) is 4.23. The second kappa shape index (κ2) is 5.34. The molecule has 0 amide bonds. The van der Waals surface area contributed by atoms with E-state index in [1.807, 2.05) is 11.0 Å². The summed E-state index contributed by atoms with van der Waals surface area (Å²) in [5, 5.41) is 9.04. The number of anilines is 1. The van der Waals surface area contributed by atoms with E-state index in [4.69, 9.17) is 14.7 Å². The molecular formula is C13H15FN2O2. The van der Waals surface area contributed by atoms with Crippen LogP contribution in [0.1, 0.15) is 5.56 Å². The van der Waals surface area contributed by atoms with Crippen molar-refractivity contribution in [1.29, 1.82) is 5.26 Å². The van der Waals surface area contributed by atoms with E-state index >= 15 is 0 Å². The number of benzene rings is 1. The molecule has 0 radical (unpaired) electrons. The Balaban J connectivity index is 2.26. The van der Waals surface area contributed by atoms with Gasteiger partial charge in [0.2, 0.25) is 0 Å². The first kappa shape index (κ1) is 12.8. The summed E-state index contributed by atoms with van der Waals surface area (Å²) in [6.45, 7) is 1.27. The van der Waals surface area contributed by atoms with Crippen molar-refractivity contribution in [3.8, 4) is 6.07 Å². The summed E-state index contributed by atoms with van der Waals surface area (Å²) in [7, 11) is 3.27. The van der Waals surface area contributed by atoms with Crippen molar-refractivity contribution in [3.63, 3.8) is 0 Å². The average molecular weight is 250 g/mol. The lowest BCUT2D eigenvalue weighted by molar-refractivity contribution is -0.00461. The van der Waals surface area contributed by atoms with Gasteiger partial charge >= 0.3 is 0 Å². The van der Waals surface area contributed by atoms with E-state index in [-0.39, 0.29) is 12.2 Å². The SMILES string of the molecule is COC1CN(c2ccc(F)cc2C#N)CC1OC. The van der Waals surface area contributed by atoms with Gasteiger partial charge in [0.1, 0.15) is 24.1 Å². The van der Waals surface area contributed by atoms with Crippen LogP contribution < -0.4 is 4.90 Å². The van der Waals surface area contributed by atoms with E-state index in [1.165, 1.54) is 12.1 Å². The molecule has 1 aliphatic rings. The van der Waals surface area contributed by atoms with Crippen LogP contribution in [0.25, 0.3) is 0 Å². The maximum Gasteiger partial charge on any atom is 0.124 e. The highest BCUT2D eigenvalue weighted by Crippen LogP contribution is 2.27. The van der Waals surface area contributed by atoms with E-state index in [0.717, 1.165) is 5.69 Å². The summed E-state index contributed by atoms with van der Waals surface area (Å²) in [5.41, 5.74) is 1.06. The second-order valence-corrected chi connectivity index (χ2v) is 4.23. The summed E-state index contributed by atoms with van der Waals surface area (Å²) in [6, 6.07) is 6.25. The first-order valence-corrected chi connectivity index (χ1v) is 5.69. The molecule has 1 aromatic rings. The first-order valence-electron chi connectivity index (χ1n) is 5.69. The van der Waals surface area contributed by atoms with Crippen molar-refractivity contribution < 1.29 is 13.9 Å². The highest BCUT2D eigenvalue weighted by Gasteiger charge is 2.33. The summed E-state index contributed by atoms with van der Waals surface area (Å²) in [6.07, 6.45) is -0.0711. The Bertz CT molecular complexity index is 461. The Morgan fingerprint density at radius 1 is 1.28 bits per heavy atom. The van der Waals surface area contributed by atoms with E-state index in [2.05, 4.69) is 0 Å². The lowest BCUT2D eigenvalue weighted by Crippen LogP contribution is -2.27. The van der Waals surface area contributed by atoms with Gasteiger partial charge in [-0.25, -0.2) is 4.39 Å². The molecule has 0 aromatic heterocycles. The normalized spacial score (nSPS) is 23.1. The molecular weight excluding hydrogens is 235 g/mol. The zero-order valence-corrected chi connectivity index (χ0v) is 10.4. The van der Waals surface area contributed by atoms with Gasteiger partial charge in [-0.3, -0.25) is 0 Å². The third-order valence-electron chi connectivity index (χ3n) is 3.24. The number of hydrogen-bond acceptors (Lipinski definition) is 4. The molecule has 1 heterocycles. The number of nitrogens with zero attached hydrogens (tertiary/aromatic N) is 2. The Morgan fingerprint density at radius 3 is 2.39 bits per heavy atom. The van der Waals surface area contributed by atoms with Crippen LogP contribution in [0.15, 0.2) is 18.2 Å². The minimum atomic E-state index is -0.402. The Hall–Kier alpha value is -1.64. The van der Waals surface area contributed by atoms with Gasteiger partial charge in [-0.1, -0.05) is 0 Å². The van der Waals surface area contributed by atoms with Crippen molar-refractivity contribution in [3.05, 3.63) is 29.6 Å². The highest BCUT2D eigenvalue weighted by molar-refractivity contribution is 5.60. The molecule has 1 aromatic carbocycles. The summed E-state index contributed by atoms with van der Waals surface area (Å²) >= 11 is 0. The van der Waals surface area contributed by atoms with Gasteiger partial charge in [-0.05, 0) is 18.2 Å². The van der Waals surface area contributed by atoms with E-state index in [1.54, 1.807) is 20.3 Å². The predicted molar refractivity (Wildman–Crippen MR) is 64.9 cm³/mol. The molecule has 1 saturated heterocycles. The molecule has 0 spiro atoms. The third-order valence-corrected chi connectivity index (χ3v) is 3.24. The summed E-state index contributed by atoms with van der Waals surface area (Å²) < 4.78 is 23.8. The Morgan fingerprint density at radius 2 is 1.89 bits per heavy atom. The number of hydrogen-bond donors (Lipinski definition) is 0. The van der Waals surface area contributed by atoms with E-state index in [9.17, 15) is 4.39 Å². The van der Waals surface area contributed by atoms with Crippen LogP contribution in [0.3, 0.4) is 0 Å². The highest BCUT2D eigenvalue weighted by atomic mass is 19.1. The van der Waals surface area contributed by atoms with Crippen molar-refractivity contribution in [2.24, 2.45) is 0 Å². The van der Waals surface area contributed by atoms with Gasteiger partial charge < -0.3 is 14.4 Å². The molecule has 5 heteroatoms. The van der Waals surface area contributed by atoms with Gasteiger partial charge in [0, 0.05) is 27.3 Å². The zero-order chi connectivity index (χ0) is 13.1. The lowest BCUT2D eigenvalue weighted by Gasteiger charge is -2.19. The quantitative estimate of drug-likeness (QED) is 0.816. The van der Waals surface area contributed by atoms with Gasteiger partial charge in [-0.15, -0.1) is 0 Å². The zero-order valence-electron chi connectivity index (χ0n) is 10.4. The van der Waals surface area contributed by atoms with Crippen molar-refractivity contribution in [1.82, 2.24) is 0 Å². The molecule has 0 saturated carbocycles. The number of halogens is 1. The van der Waals surface area contributed by atoms with Gasteiger partial charge in [-0.2, -0.15) is 5.26 Å². The van der Waals surface area contributed by atoms with Crippen molar-refractivity contribution in [2.75, 3.05) is 32.2 Å². The molecule has 0 aliphatic carbocycles. The molecule has 2 rings (SSSR count). The fourth-order valence-corrected chi connectivity index (χ4v) is 2.27. The Kier molecular flexibility index (Phi) is 3.80. The largest absolute Gasteiger partial charge is 0.377 e. The lowest BCUT2D eigenvalue weighted by atomic mass is 10.1. The predicted octanol–water partition coefficient (Wildman–Crippen LogP) is 1.55. The van der Waals surface area contributed by atoms with Crippen LogP contribution in [0.2, 0.25) is 0 Å². The summed E-state index contributed by atoms with van der Waals surface area (Å²) in [4.78, 5) is 1.99. The van der Waals surface area contributed by atoms with Crippen LogP contribution in [0.5, 0.6) is 0 Å². The fraction of sp³-hybridized carbons (Fsp3) is 0.462. The molecule has 1 fully saturated rings. The molecule has 4 nitrogen and oxygen atoms in total. The minimum absolute atomic E-state index is 0.0356. The monoisotopic (exact) mass is 250 g/mol. The van der Waals surface area contributed by atoms with Crippen LogP contribution in [-0.2, 0) is 9.47 Å². The number of rotatable bonds is 3.